The van der Waals surface area contributed by atoms with E-state index in [9.17, 15) is 4.79 Å². The third-order valence-electron chi connectivity index (χ3n) is 2.14. The van der Waals surface area contributed by atoms with Crippen LogP contribution in [0.4, 0.5) is 0 Å². The molecule has 0 unspecified atom stereocenters. The number of nitrogens with zero attached hydrogens (tertiary/aromatic N) is 2. The zero-order chi connectivity index (χ0) is 11.8. The first-order valence-electron chi connectivity index (χ1n) is 5.28. The van der Waals surface area contributed by atoms with Gasteiger partial charge in [-0.05, 0) is 20.3 Å². The van der Waals surface area contributed by atoms with E-state index in [1.165, 1.54) is 0 Å². The molecule has 1 amide bonds. The van der Waals surface area contributed by atoms with Gasteiger partial charge in [-0.1, -0.05) is 12.1 Å². The monoisotopic (exact) mass is 215 g/mol. The fourth-order valence-corrected chi connectivity index (χ4v) is 1.31. The molecule has 0 fully saturated rings. The van der Waals surface area contributed by atoms with Crippen LogP contribution in [0, 0.1) is 0 Å². The van der Waals surface area contributed by atoms with Gasteiger partial charge in [0.1, 0.15) is 5.84 Å². The molecule has 0 aliphatic rings. The van der Waals surface area contributed by atoms with Crippen molar-refractivity contribution in [3.8, 4) is 0 Å². The number of rotatable bonds is 6. The largest absolute Gasteiger partial charge is 0.409 e. The molecular formula is C10H21N3O2. The summed E-state index contributed by atoms with van der Waals surface area (Å²) in [6.45, 7) is 6.39. The smallest absolute Gasteiger partial charge is 0.222 e. The summed E-state index contributed by atoms with van der Waals surface area (Å²) in [5.41, 5.74) is 5.36. The average molecular weight is 215 g/mol. The molecule has 0 aromatic rings. The summed E-state index contributed by atoms with van der Waals surface area (Å²) in [7, 11) is 0. The molecule has 0 aliphatic carbocycles. The number of amidine groups is 1. The molecule has 0 heterocycles. The average Bonchev–Trinajstić information content (AvgIpc) is 2.17. The van der Waals surface area contributed by atoms with Gasteiger partial charge >= 0.3 is 0 Å². The molecular weight excluding hydrogens is 194 g/mol. The van der Waals surface area contributed by atoms with Gasteiger partial charge in [-0.2, -0.15) is 0 Å². The number of nitrogens with two attached hydrogens (primary N) is 1. The van der Waals surface area contributed by atoms with Crippen LogP contribution in [0.15, 0.2) is 5.16 Å². The highest BCUT2D eigenvalue weighted by atomic mass is 16.4. The molecule has 0 atom stereocenters. The normalized spacial score (nSPS) is 11.9. The SMILES string of the molecule is CCCC(=O)N(CCC(N)=NO)C(C)C. The van der Waals surface area contributed by atoms with E-state index in [0.717, 1.165) is 6.42 Å². The van der Waals surface area contributed by atoms with Gasteiger partial charge in [-0.25, -0.2) is 0 Å². The number of hydrogen-bond acceptors (Lipinski definition) is 3. The molecule has 0 saturated heterocycles. The van der Waals surface area contributed by atoms with Gasteiger partial charge in [0.25, 0.3) is 0 Å². The molecule has 0 saturated carbocycles. The van der Waals surface area contributed by atoms with Crippen molar-refractivity contribution in [2.24, 2.45) is 10.9 Å². The van der Waals surface area contributed by atoms with Crippen molar-refractivity contribution < 1.29 is 10.0 Å². The lowest BCUT2D eigenvalue weighted by molar-refractivity contribution is -0.132. The zero-order valence-electron chi connectivity index (χ0n) is 9.73. The highest BCUT2D eigenvalue weighted by Gasteiger charge is 2.15. The minimum absolute atomic E-state index is 0.123. The lowest BCUT2D eigenvalue weighted by Gasteiger charge is -2.26. The number of amides is 1. The topological polar surface area (TPSA) is 78.9 Å². The second-order valence-corrected chi connectivity index (χ2v) is 3.77. The molecule has 0 rings (SSSR count). The van der Waals surface area contributed by atoms with Gasteiger partial charge in [0.15, 0.2) is 0 Å². The Morgan fingerprint density at radius 3 is 2.47 bits per heavy atom. The predicted molar refractivity (Wildman–Crippen MR) is 59.8 cm³/mol. The van der Waals surface area contributed by atoms with Crippen LogP contribution in [0.3, 0.4) is 0 Å². The molecule has 88 valence electrons. The van der Waals surface area contributed by atoms with Gasteiger partial charge in [-0.15, -0.1) is 0 Å². The third-order valence-corrected chi connectivity index (χ3v) is 2.14. The first-order chi connectivity index (χ1) is 7.02. The van der Waals surface area contributed by atoms with Crippen molar-refractivity contribution in [3.05, 3.63) is 0 Å². The molecule has 15 heavy (non-hydrogen) atoms. The van der Waals surface area contributed by atoms with Crippen molar-refractivity contribution in [1.82, 2.24) is 4.90 Å². The Labute approximate surface area is 90.9 Å². The Morgan fingerprint density at radius 2 is 2.07 bits per heavy atom. The van der Waals surface area contributed by atoms with Gasteiger partial charge in [0.05, 0.1) is 0 Å². The van der Waals surface area contributed by atoms with Crippen molar-refractivity contribution in [2.75, 3.05) is 6.54 Å². The van der Waals surface area contributed by atoms with Crippen LogP contribution in [0.5, 0.6) is 0 Å². The maximum Gasteiger partial charge on any atom is 0.222 e. The van der Waals surface area contributed by atoms with Crippen LogP contribution in [0.25, 0.3) is 0 Å². The molecule has 3 N–H and O–H groups in total. The molecule has 0 aromatic heterocycles. The number of carbonyl (C=O) groups excluding carboxylic acids is 1. The number of carbonyl (C=O) groups is 1. The second kappa shape index (κ2) is 7.09. The standard InChI is InChI=1S/C10H21N3O2/c1-4-5-10(14)13(8(2)3)7-6-9(11)12-15/h8,15H,4-7H2,1-3H3,(H2,11,12). The third kappa shape index (κ3) is 5.24. The quantitative estimate of drug-likeness (QED) is 0.302. The maximum absolute atomic E-state index is 11.7. The Balaban J connectivity index is 4.22. The van der Waals surface area contributed by atoms with Gasteiger partial charge < -0.3 is 15.8 Å². The maximum atomic E-state index is 11.7. The Morgan fingerprint density at radius 1 is 1.47 bits per heavy atom. The van der Waals surface area contributed by atoms with E-state index in [2.05, 4.69) is 5.16 Å². The fraction of sp³-hybridized carbons (Fsp3) is 0.800. The molecule has 0 bridgehead atoms. The minimum atomic E-state index is 0.123. The van der Waals surface area contributed by atoms with Crippen LogP contribution in [-0.2, 0) is 4.79 Å². The van der Waals surface area contributed by atoms with Crippen molar-refractivity contribution in [3.63, 3.8) is 0 Å². The van der Waals surface area contributed by atoms with Crippen LogP contribution in [0.1, 0.15) is 40.0 Å². The van der Waals surface area contributed by atoms with E-state index in [0.29, 0.717) is 19.4 Å². The predicted octanol–water partition coefficient (Wildman–Crippen LogP) is 1.16. The van der Waals surface area contributed by atoms with Crippen LogP contribution in [-0.4, -0.2) is 34.4 Å². The van der Waals surface area contributed by atoms with Gasteiger partial charge in [0.2, 0.25) is 5.91 Å². The van der Waals surface area contributed by atoms with E-state index in [-0.39, 0.29) is 17.8 Å². The zero-order valence-corrected chi connectivity index (χ0v) is 9.73. The lowest BCUT2D eigenvalue weighted by atomic mass is 10.2. The first-order valence-corrected chi connectivity index (χ1v) is 5.28. The second-order valence-electron chi connectivity index (χ2n) is 3.77. The Kier molecular flexibility index (Phi) is 6.49. The summed E-state index contributed by atoms with van der Waals surface area (Å²) in [4.78, 5) is 13.4. The molecule has 0 aliphatic heterocycles. The van der Waals surface area contributed by atoms with Crippen LogP contribution in [0.2, 0.25) is 0 Å². The Hall–Kier alpha value is -1.26. The fourth-order valence-electron chi connectivity index (χ4n) is 1.31. The van der Waals surface area contributed by atoms with E-state index in [1.54, 1.807) is 4.90 Å². The number of oxime groups is 1. The molecule has 5 nitrogen and oxygen atoms in total. The number of hydrogen-bond donors (Lipinski definition) is 2. The minimum Gasteiger partial charge on any atom is -0.409 e. The summed E-state index contributed by atoms with van der Waals surface area (Å²) >= 11 is 0. The summed E-state index contributed by atoms with van der Waals surface area (Å²) in [6, 6.07) is 0.149. The first kappa shape index (κ1) is 13.7. The molecule has 0 radical (unpaired) electrons. The Bertz CT molecular complexity index is 227. The van der Waals surface area contributed by atoms with Crippen molar-refractivity contribution >= 4 is 11.7 Å². The van der Waals surface area contributed by atoms with E-state index >= 15 is 0 Å². The van der Waals surface area contributed by atoms with E-state index in [4.69, 9.17) is 10.9 Å². The highest BCUT2D eigenvalue weighted by Crippen LogP contribution is 2.04. The van der Waals surface area contributed by atoms with Crippen molar-refractivity contribution in [2.45, 2.75) is 46.1 Å². The van der Waals surface area contributed by atoms with Gasteiger partial charge in [-0.3, -0.25) is 4.79 Å². The summed E-state index contributed by atoms with van der Waals surface area (Å²) in [6.07, 6.45) is 1.80. The van der Waals surface area contributed by atoms with Crippen LogP contribution < -0.4 is 5.73 Å². The summed E-state index contributed by atoms with van der Waals surface area (Å²) in [5.74, 6) is 0.281. The summed E-state index contributed by atoms with van der Waals surface area (Å²) in [5, 5.41) is 11.3. The van der Waals surface area contributed by atoms with Gasteiger partial charge in [0, 0.05) is 25.4 Å². The lowest BCUT2D eigenvalue weighted by Crippen LogP contribution is -2.39. The molecule has 0 aromatic carbocycles. The van der Waals surface area contributed by atoms with E-state index in [1.807, 2.05) is 20.8 Å². The molecule has 0 spiro atoms. The van der Waals surface area contributed by atoms with E-state index < -0.39 is 0 Å². The van der Waals surface area contributed by atoms with Crippen LogP contribution >= 0.6 is 0 Å². The summed E-state index contributed by atoms with van der Waals surface area (Å²) < 4.78 is 0. The molecule has 5 heteroatoms. The highest BCUT2D eigenvalue weighted by molar-refractivity contribution is 5.81. The van der Waals surface area contributed by atoms with Crippen molar-refractivity contribution in [1.29, 1.82) is 0 Å².